The van der Waals surface area contributed by atoms with Crippen LogP contribution in [0.2, 0.25) is 0 Å². The number of ether oxygens (including phenoxy) is 2. The van der Waals surface area contributed by atoms with Gasteiger partial charge in [-0.25, -0.2) is 0 Å². The molecule has 0 spiro atoms. The molecule has 1 atom stereocenters. The fourth-order valence-corrected chi connectivity index (χ4v) is 2.07. The predicted molar refractivity (Wildman–Crippen MR) is 85.8 cm³/mol. The van der Waals surface area contributed by atoms with Gasteiger partial charge in [0.2, 0.25) is 0 Å². The maximum absolute atomic E-state index is 9.24. The zero-order valence-corrected chi connectivity index (χ0v) is 13.3. The van der Waals surface area contributed by atoms with E-state index in [0.717, 1.165) is 38.8 Å². The summed E-state index contributed by atoms with van der Waals surface area (Å²) in [6.45, 7) is 5.42. The Labute approximate surface area is 128 Å². The Hall–Kier alpha value is -1.10. The van der Waals surface area contributed by atoms with Crippen molar-refractivity contribution >= 4 is 0 Å². The van der Waals surface area contributed by atoms with Crippen molar-refractivity contribution in [1.82, 2.24) is 5.32 Å². The molecule has 0 aliphatic heterocycles. The van der Waals surface area contributed by atoms with Crippen molar-refractivity contribution in [2.75, 3.05) is 33.5 Å². The molecule has 1 aromatic carbocycles. The van der Waals surface area contributed by atoms with E-state index in [4.69, 9.17) is 9.47 Å². The Morgan fingerprint density at radius 1 is 1.10 bits per heavy atom. The van der Waals surface area contributed by atoms with Crippen LogP contribution in [0.4, 0.5) is 0 Å². The van der Waals surface area contributed by atoms with Gasteiger partial charge in [0.25, 0.3) is 0 Å². The quantitative estimate of drug-likeness (QED) is 0.582. The van der Waals surface area contributed by atoms with Gasteiger partial charge in [0.05, 0.1) is 13.2 Å². The summed E-state index contributed by atoms with van der Waals surface area (Å²) in [5.41, 5.74) is 1.27. The Bertz CT molecular complexity index is 354. The number of hydrogen-bond acceptors (Lipinski definition) is 4. The van der Waals surface area contributed by atoms with Gasteiger partial charge in [-0.3, -0.25) is 0 Å². The molecule has 0 saturated carbocycles. The third-order valence-electron chi connectivity index (χ3n) is 3.44. The molecule has 0 amide bonds. The molecule has 0 aliphatic carbocycles. The Balaban J connectivity index is 1.96. The van der Waals surface area contributed by atoms with Crippen molar-refractivity contribution in [3.05, 3.63) is 29.8 Å². The first-order valence-corrected chi connectivity index (χ1v) is 7.80. The summed E-state index contributed by atoms with van der Waals surface area (Å²) in [6.07, 6.45) is 4.36. The van der Waals surface area contributed by atoms with Gasteiger partial charge in [-0.15, -0.1) is 0 Å². The largest absolute Gasteiger partial charge is 0.508 e. The average molecular weight is 295 g/mol. The number of phenolic OH excluding ortho intramolecular Hbond substituents is 1. The molecule has 4 heteroatoms. The van der Waals surface area contributed by atoms with E-state index in [0.29, 0.717) is 25.0 Å². The summed E-state index contributed by atoms with van der Waals surface area (Å²) in [5, 5.41) is 12.8. The number of nitrogens with one attached hydrogen (secondary N) is 1. The molecule has 0 heterocycles. The van der Waals surface area contributed by atoms with Crippen LogP contribution in [0, 0.1) is 0 Å². The van der Waals surface area contributed by atoms with Crippen LogP contribution in [-0.4, -0.2) is 44.6 Å². The first kappa shape index (κ1) is 18.0. The van der Waals surface area contributed by atoms with Crippen LogP contribution in [0.1, 0.15) is 31.7 Å². The van der Waals surface area contributed by atoms with Gasteiger partial charge < -0.3 is 19.9 Å². The normalized spacial score (nSPS) is 12.5. The Morgan fingerprint density at radius 2 is 1.86 bits per heavy atom. The van der Waals surface area contributed by atoms with Gasteiger partial charge in [0.15, 0.2) is 0 Å². The third kappa shape index (κ3) is 9.45. The summed E-state index contributed by atoms with van der Waals surface area (Å²) >= 11 is 0. The minimum atomic E-state index is 0.331. The molecule has 1 unspecified atom stereocenters. The molecule has 1 aromatic rings. The van der Waals surface area contributed by atoms with Crippen LogP contribution in [0.25, 0.3) is 0 Å². The standard InChI is InChI=1S/C17H29NO3/c1-15(5-6-16-7-9-17(19)10-8-16)18-11-3-4-12-21-14-13-20-2/h7-10,15,18-19H,3-6,11-14H2,1-2H3. The van der Waals surface area contributed by atoms with Crippen molar-refractivity contribution in [2.45, 2.75) is 38.6 Å². The van der Waals surface area contributed by atoms with Crippen LogP contribution in [0.15, 0.2) is 24.3 Å². The summed E-state index contributed by atoms with van der Waals surface area (Å²) in [7, 11) is 1.69. The second kappa shape index (κ2) is 11.5. The fourth-order valence-electron chi connectivity index (χ4n) is 2.07. The molecule has 0 aromatic heterocycles. The van der Waals surface area contributed by atoms with Crippen molar-refractivity contribution in [3.63, 3.8) is 0 Å². The minimum Gasteiger partial charge on any atom is -0.508 e. The number of aromatic hydroxyl groups is 1. The SMILES string of the molecule is COCCOCCCCNC(C)CCc1ccc(O)cc1. The first-order chi connectivity index (χ1) is 10.2. The van der Waals surface area contributed by atoms with Gasteiger partial charge in [-0.1, -0.05) is 12.1 Å². The highest BCUT2D eigenvalue weighted by atomic mass is 16.5. The van der Waals surface area contributed by atoms with Crippen LogP contribution >= 0.6 is 0 Å². The molecule has 4 nitrogen and oxygen atoms in total. The van der Waals surface area contributed by atoms with Gasteiger partial charge >= 0.3 is 0 Å². The topological polar surface area (TPSA) is 50.7 Å². The molecule has 0 bridgehead atoms. The highest BCUT2D eigenvalue weighted by molar-refractivity contribution is 5.25. The second-order valence-corrected chi connectivity index (χ2v) is 5.37. The number of rotatable bonds is 12. The molecule has 2 N–H and O–H groups in total. The molecule has 0 aliphatic rings. The Kier molecular flexibility index (Phi) is 9.87. The van der Waals surface area contributed by atoms with E-state index in [9.17, 15) is 5.11 Å². The van der Waals surface area contributed by atoms with Crippen LogP contribution < -0.4 is 5.32 Å². The molecule has 0 fully saturated rings. The number of hydrogen-bond donors (Lipinski definition) is 2. The van der Waals surface area contributed by atoms with E-state index >= 15 is 0 Å². The van der Waals surface area contributed by atoms with E-state index in [-0.39, 0.29) is 0 Å². The zero-order chi connectivity index (χ0) is 15.3. The van der Waals surface area contributed by atoms with Crippen LogP contribution in [0.3, 0.4) is 0 Å². The zero-order valence-electron chi connectivity index (χ0n) is 13.3. The smallest absolute Gasteiger partial charge is 0.115 e. The van der Waals surface area contributed by atoms with Gasteiger partial charge in [0, 0.05) is 19.8 Å². The van der Waals surface area contributed by atoms with E-state index in [2.05, 4.69) is 12.2 Å². The maximum Gasteiger partial charge on any atom is 0.115 e. The molecule has 21 heavy (non-hydrogen) atoms. The molecule has 0 radical (unpaired) electrons. The van der Waals surface area contributed by atoms with Crippen molar-refractivity contribution in [2.24, 2.45) is 0 Å². The van der Waals surface area contributed by atoms with E-state index in [1.165, 1.54) is 5.56 Å². The summed E-state index contributed by atoms with van der Waals surface area (Å²) in [5.74, 6) is 0.331. The summed E-state index contributed by atoms with van der Waals surface area (Å²) in [6, 6.07) is 7.97. The van der Waals surface area contributed by atoms with E-state index < -0.39 is 0 Å². The molecular weight excluding hydrogens is 266 g/mol. The summed E-state index contributed by atoms with van der Waals surface area (Å²) in [4.78, 5) is 0. The highest BCUT2D eigenvalue weighted by Crippen LogP contribution is 2.11. The number of aryl methyl sites for hydroxylation is 1. The van der Waals surface area contributed by atoms with Crippen molar-refractivity contribution in [3.8, 4) is 5.75 Å². The number of unbranched alkanes of at least 4 members (excludes halogenated alkanes) is 1. The van der Waals surface area contributed by atoms with Gasteiger partial charge in [-0.2, -0.15) is 0 Å². The van der Waals surface area contributed by atoms with Gasteiger partial charge in [-0.05, 0) is 56.8 Å². The fraction of sp³-hybridized carbons (Fsp3) is 0.647. The number of methoxy groups -OCH3 is 1. The monoisotopic (exact) mass is 295 g/mol. The van der Waals surface area contributed by atoms with Gasteiger partial charge in [0.1, 0.15) is 5.75 Å². The molecule has 0 saturated heterocycles. The lowest BCUT2D eigenvalue weighted by atomic mass is 10.1. The van der Waals surface area contributed by atoms with Crippen molar-refractivity contribution in [1.29, 1.82) is 0 Å². The van der Waals surface area contributed by atoms with Crippen LogP contribution in [0.5, 0.6) is 5.75 Å². The highest BCUT2D eigenvalue weighted by Gasteiger charge is 2.02. The lowest BCUT2D eigenvalue weighted by molar-refractivity contribution is 0.0687. The maximum atomic E-state index is 9.24. The average Bonchev–Trinajstić information content (AvgIpc) is 2.49. The predicted octanol–water partition coefficient (Wildman–Crippen LogP) is 2.75. The van der Waals surface area contributed by atoms with E-state index in [1.54, 1.807) is 19.2 Å². The second-order valence-electron chi connectivity index (χ2n) is 5.37. The van der Waals surface area contributed by atoms with Crippen LogP contribution in [-0.2, 0) is 15.9 Å². The Morgan fingerprint density at radius 3 is 2.57 bits per heavy atom. The number of phenols is 1. The molecular formula is C17H29NO3. The third-order valence-corrected chi connectivity index (χ3v) is 3.44. The lowest BCUT2D eigenvalue weighted by Crippen LogP contribution is -2.27. The lowest BCUT2D eigenvalue weighted by Gasteiger charge is -2.13. The summed E-state index contributed by atoms with van der Waals surface area (Å²) < 4.78 is 10.3. The minimum absolute atomic E-state index is 0.331. The molecule has 120 valence electrons. The molecule has 1 rings (SSSR count). The first-order valence-electron chi connectivity index (χ1n) is 7.80. The van der Waals surface area contributed by atoms with Crippen molar-refractivity contribution < 1.29 is 14.6 Å². The number of benzene rings is 1. The van der Waals surface area contributed by atoms with E-state index in [1.807, 2.05) is 12.1 Å².